The number of hydrazone groups is 1. The van der Waals surface area contributed by atoms with Gasteiger partial charge in [0.15, 0.2) is 0 Å². The second-order valence-electron chi connectivity index (χ2n) is 9.40. The molecule has 5 nitrogen and oxygen atoms in total. The molecule has 0 bridgehead atoms. The zero-order valence-electron chi connectivity index (χ0n) is 19.7. The molecule has 1 aromatic rings. The first-order chi connectivity index (χ1) is 15.6. The number of allylic oxidation sites excluding steroid dienone is 1. The van der Waals surface area contributed by atoms with Crippen molar-refractivity contribution in [2.45, 2.75) is 65.5 Å². The number of benzene rings is 1. The highest BCUT2D eigenvalue weighted by Crippen LogP contribution is 2.50. The molecule has 33 heavy (non-hydrogen) atoms. The fourth-order valence-corrected chi connectivity index (χ4v) is 6.32. The summed E-state index contributed by atoms with van der Waals surface area (Å²) in [6.45, 7) is 13.0. The number of hydrogen-bond donors (Lipinski definition) is 1. The van der Waals surface area contributed by atoms with E-state index in [1.54, 1.807) is 11.9 Å². The highest BCUT2D eigenvalue weighted by atomic mass is 35.5. The van der Waals surface area contributed by atoms with Gasteiger partial charge in [0.05, 0.1) is 22.0 Å². The number of carbonyl (C=O) groups is 1. The van der Waals surface area contributed by atoms with Crippen molar-refractivity contribution >= 4 is 47.8 Å². The largest absolute Gasteiger partial charge is 0.348 e. The Kier molecular flexibility index (Phi) is 8.76. The van der Waals surface area contributed by atoms with E-state index >= 15 is 0 Å². The van der Waals surface area contributed by atoms with Gasteiger partial charge in [0.2, 0.25) is 5.91 Å². The monoisotopic (exact) mass is 514 g/mol. The quantitative estimate of drug-likeness (QED) is 0.173. The van der Waals surface area contributed by atoms with Crippen LogP contribution in [0.15, 0.2) is 28.3 Å². The van der Waals surface area contributed by atoms with Crippen LogP contribution in [0.3, 0.4) is 0 Å². The smallest absolute Gasteiger partial charge is 0.226 e. The standard InChI is InChI=1S/C24H33Cl2FN4OS/c1-6-19(31(28-5)15(2)3)33-30-13-16(14-30)23(32)29-22(24(4)11-7-8-12-24)20-18(27)10-9-17(25)21(20)26/h6,9-10,15-16,22H,5,7-8,11-14H2,1-4H3,(H,29,32)/b19-6+. The first-order valence-corrected chi connectivity index (χ1v) is 12.9. The number of rotatable bonds is 9. The Labute approximate surface area is 210 Å². The van der Waals surface area contributed by atoms with Gasteiger partial charge in [-0.1, -0.05) is 49.0 Å². The maximum absolute atomic E-state index is 14.9. The zero-order valence-corrected chi connectivity index (χ0v) is 22.0. The van der Waals surface area contributed by atoms with Crippen molar-refractivity contribution in [2.24, 2.45) is 16.4 Å². The van der Waals surface area contributed by atoms with Gasteiger partial charge in [0, 0.05) is 31.4 Å². The predicted molar refractivity (Wildman–Crippen MR) is 137 cm³/mol. The molecule has 2 fully saturated rings. The van der Waals surface area contributed by atoms with Crippen molar-refractivity contribution in [1.82, 2.24) is 14.6 Å². The molecule has 1 heterocycles. The molecule has 1 amide bonds. The summed E-state index contributed by atoms with van der Waals surface area (Å²) in [4.78, 5) is 13.2. The average Bonchev–Trinajstić information content (AvgIpc) is 3.18. The zero-order chi connectivity index (χ0) is 24.3. The highest BCUT2D eigenvalue weighted by Gasteiger charge is 2.43. The topological polar surface area (TPSA) is 47.9 Å². The van der Waals surface area contributed by atoms with Gasteiger partial charge in [0.25, 0.3) is 0 Å². The third-order valence-corrected chi connectivity index (χ3v) is 8.64. The van der Waals surface area contributed by atoms with Crippen molar-refractivity contribution in [1.29, 1.82) is 0 Å². The number of amides is 1. The second kappa shape index (κ2) is 11.0. The summed E-state index contributed by atoms with van der Waals surface area (Å²) < 4.78 is 17.1. The number of nitrogens with one attached hydrogen (secondary N) is 1. The average molecular weight is 516 g/mol. The van der Waals surface area contributed by atoms with E-state index in [1.807, 2.05) is 18.0 Å². The van der Waals surface area contributed by atoms with Gasteiger partial charge in [-0.2, -0.15) is 5.10 Å². The summed E-state index contributed by atoms with van der Waals surface area (Å²) in [5.41, 5.74) is 0.0300. The van der Waals surface area contributed by atoms with E-state index in [2.05, 4.69) is 42.2 Å². The van der Waals surface area contributed by atoms with Crippen molar-refractivity contribution in [2.75, 3.05) is 13.1 Å². The molecule has 1 N–H and O–H groups in total. The number of halogens is 3. The summed E-state index contributed by atoms with van der Waals surface area (Å²) in [6.07, 6.45) is 5.89. The van der Waals surface area contributed by atoms with E-state index in [0.717, 1.165) is 30.7 Å². The minimum absolute atomic E-state index is 0.0787. The highest BCUT2D eigenvalue weighted by molar-refractivity contribution is 8.00. The molecule has 2 aliphatic rings. The molecule has 0 radical (unpaired) electrons. The Hall–Kier alpha value is -1.28. The molecule has 9 heteroatoms. The van der Waals surface area contributed by atoms with Crippen LogP contribution < -0.4 is 5.32 Å². The minimum atomic E-state index is -0.520. The summed E-state index contributed by atoms with van der Waals surface area (Å²) in [5.74, 6) is -0.685. The molecule has 0 spiro atoms. The van der Waals surface area contributed by atoms with E-state index in [4.69, 9.17) is 23.2 Å². The van der Waals surface area contributed by atoms with Crippen molar-refractivity contribution in [3.63, 3.8) is 0 Å². The van der Waals surface area contributed by atoms with Crippen molar-refractivity contribution < 1.29 is 9.18 Å². The van der Waals surface area contributed by atoms with Crippen LogP contribution in [0.25, 0.3) is 0 Å². The lowest BCUT2D eigenvalue weighted by Crippen LogP contribution is -2.53. The summed E-state index contributed by atoms with van der Waals surface area (Å²) in [6, 6.07) is 2.45. The molecule has 182 valence electrons. The molecular formula is C24H33Cl2FN4OS. The van der Waals surface area contributed by atoms with E-state index in [-0.39, 0.29) is 28.3 Å². The molecule has 1 saturated heterocycles. The maximum atomic E-state index is 14.9. The normalized spacial score (nSPS) is 19.9. The lowest BCUT2D eigenvalue weighted by Gasteiger charge is -2.41. The van der Waals surface area contributed by atoms with Gasteiger partial charge in [-0.05, 0) is 63.1 Å². The van der Waals surface area contributed by atoms with E-state index in [0.29, 0.717) is 23.7 Å². The van der Waals surface area contributed by atoms with Gasteiger partial charge >= 0.3 is 0 Å². The van der Waals surface area contributed by atoms with Crippen LogP contribution in [0.1, 0.15) is 65.0 Å². The van der Waals surface area contributed by atoms with Crippen LogP contribution in [0.4, 0.5) is 4.39 Å². The SMILES string of the molecule is C=NN(/C(=C\C)SN1CC(C(=O)NC(c2c(F)ccc(Cl)c2Cl)C2(C)CCCC2)C1)C(C)C. The predicted octanol–water partition coefficient (Wildman–Crippen LogP) is 6.64. The summed E-state index contributed by atoms with van der Waals surface area (Å²) in [5, 5.41) is 10.6. The van der Waals surface area contributed by atoms with Crippen LogP contribution in [-0.2, 0) is 4.79 Å². The lowest BCUT2D eigenvalue weighted by atomic mass is 9.76. The van der Waals surface area contributed by atoms with Crippen LogP contribution in [0.5, 0.6) is 0 Å². The summed E-state index contributed by atoms with van der Waals surface area (Å²) in [7, 11) is 0. The number of hydrogen-bond acceptors (Lipinski definition) is 5. The lowest BCUT2D eigenvalue weighted by molar-refractivity contribution is -0.129. The van der Waals surface area contributed by atoms with E-state index in [9.17, 15) is 9.18 Å². The Balaban J connectivity index is 1.71. The first-order valence-electron chi connectivity index (χ1n) is 11.4. The van der Waals surface area contributed by atoms with Gasteiger partial charge in [0.1, 0.15) is 10.8 Å². The van der Waals surface area contributed by atoms with E-state index in [1.165, 1.54) is 12.1 Å². The molecule has 1 aliphatic carbocycles. The molecule has 1 unspecified atom stereocenters. The van der Waals surface area contributed by atoms with Crippen LogP contribution in [0.2, 0.25) is 10.0 Å². The maximum Gasteiger partial charge on any atom is 0.226 e. The Morgan fingerprint density at radius 1 is 1.36 bits per heavy atom. The van der Waals surface area contributed by atoms with Gasteiger partial charge in [-0.3, -0.25) is 9.80 Å². The molecule has 3 rings (SSSR count). The Bertz CT molecular complexity index is 914. The molecule has 1 saturated carbocycles. The second-order valence-corrected chi connectivity index (χ2v) is 11.3. The van der Waals surface area contributed by atoms with Gasteiger partial charge < -0.3 is 5.32 Å². The Morgan fingerprint density at radius 3 is 2.55 bits per heavy atom. The number of carbonyl (C=O) groups excluding carboxylic acids is 1. The van der Waals surface area contributed by atoms with Crippen LogP contribution >= 0.6 is 35.1 Å². The minimum Gasteiger partial charge on any atom is -0.348 e. The van der Waals surface area contributed by atoms with Gasteiger partial charge in [-0.25, -0.2) is 8.70 Å². The third kappa shape index (κ3) is 5.69. The van der Waals surface area contributed by atoms with E-state index < -0.39 is 11.9 Å². The van der Waals surface area contributed by atoms with Crippen LogP contribution in [-0.4, -0.2) is 41.1 Å². The molecule has 0 aromatic heterocycles. The molecule has 1 atom stereocenters. The number of nitrogens with zero attached hydrogens (tertiary/aromatic N) is 3. The Morgan fingerprint density at radius 2 is 2.00 bits per heavy atom. The molecular weight excluding hydrogens is 482 g/mol. The third-order valence-electron chi connectivity index (χ3n) is 6.65. The van der Waals surface area contributed by atoms with Crippen molar-refractivity contribution in [3.8, 4) is 0 Å². The molecule has 1 aromatic carbocycles. The van der Waals surface area contributed by atoms with Crippen molar-refractivity contribution in [3.05, 3.63) is 44.7 Å². The van der Waals surface area contributed by atoms with Gasteiger partial charge in [-0.15, -0.1) is 0 Å². The summed E-state index contributed by atoms with van der Waals surface area (Å²) >= 11 is 14.2. The fraction of sp³-hybridized carbons (Fsp3) is 0.583. The fourth-order valence-electron chi connectivity index (χ4n) is 4.66. The first kappa shape index (κ1) is 26.3. The molecule has 1 aliphatic heterocycles. The van der Waals surface area contributed by atoms with Crippen LogP contribution in [0, 0.1) is 17.2 Å².